The maximum atomic E-state index is 9.98. The Morgan fingerprint density at radius 2 is 2.20 bits per heavy atom. The Kier molecular flexibility index (Phi) is 7.69. The number of carbonyl (C=O) groups is 1. The predicted octanol–water partition coefficient (Wildman–Crippen LogP) is 0.215. The maximum absolute atomic E-state index is 9.98. The Morgan fingerprint density at radius 1 is 1.80 bits per heavy atom. The van der Waals surface area contributed by atoms with E-state index in [0.717, 1.165) is 0 Å². The number of thiocarbonyl (C=S) groups is 1. The van der Waals surface area contributed by atoms with Gasteiger partial charge in [-0.15, -0.1) is 12.6 Å². The largest absolute Gasteiger partial charge is 0.480 e. The SMILES string of the molecule is CN(CC(=O)O)C(=S)S.[Fe]. The third-order valence-electron chi connectivity index (χ3n) is 0.699. The second-order valence-corrected chi connectivity index (χ2v) is 2.65. The molecule has 0 atom stereocenters. The van der Waals surface area contributed by atoms with Crippen LogP contribution in [-0.4, -0.2) is 33.9 Å². The van der Waals surface area contributed by atoms with Gasteiger partial charge in [0.25, 0.3) is 0 Å². The number of hydrogen-bond acceptors (Lipinski definition) is 2. The first-order chi connectivity index (χ1) is 4.04. The summed E-state index contributed by atoms with van der Waals surface area (Å²) in [5.74, 6) is -0.908. The van der Waals surface area contributed by atoms with Crippen LogP contribution in [0.15, 0.2) is 0 Å². The van der Waals surface area contributed by atoms with Crippen LogP contribution in [0.1, 0.15) is 0 Å². The fourth-order valence-corrected chi connectivity index (χ4v) is 0.406. The molecule has 0 saturated carbocycles. The minimum atomic E-state index is -0.908. The van der Waals surface area contributed by atoms with E-state index >= 15 is 0 Å². The molecular formula is C4H7FeNO2S2. The number of rotatable bonds is 2. The van der Waals surface area contributed by atoms with E-state index in [1.807, 2.05) is 0 Å². The van der Waals surface area contributed by atoms with Gasteiger partial charge in [0.15, 0.2) is 0 Å². The van der Waals surface area contributed by atoms with Gasteiger partial charge in [0.1, 0.15) is 10.9 Å². The summed E-state index contributed by atoms with van der Waals surface area (Å²) in [6.45, 7) is -0.0949. The van der Waals surface area contributed by atoms with Gasteiger partial charge in [0.05, 0.1) is 0 Å². The number of carboxylic acid groups (broad SMARTS) is 1. The van der Waals surface area contributed by atoms with Crippen LogP contribution in [0, 0.1) is 0 Å². The summed E-state index contributed by atoms with van der Waals surface area (Å²) in [5.41, 5.74) is 0. The molecule has 0 fully saturated rings. The molecule has 0 rings (SSSR count). The average Bonchev–Trinajstić information content (AvgIpc) is 1.63. The number of likely N-dealkylation sites (N-methyl/N-ethyl adjacent to an activating group) is 1. The second-order valence-electron chi connectivity index (χ2n) is 1.53. The third kappa shape index (κ3) is 6.35. The van der Waals surface area contributed by atoms with Crippen LogP contribution < -0.4 is 0 Å². The van der Waals surface area contributed by atoms with E-state index in [9.17, 15) is 4.79 Å². The zero-order valence-electron chi connectivity index (χ0n) is 5.22. The van der Waals surface area contributed by atoms with Gasteiger partial charge in [-0.25, -0.2) is 0 Å². The van der Waals surface area contributed by atoms with Crippen LogP contribution in [0.25, 0.3) is 0 Å². The first-order valence-electron chi connectivity index (χ1n) is 2.20. The Bertz CT molecular complexity index is 141. The fraction of sp³-hybridized carbons (Fsp3) is 0.500. The van der Waals surface area contributed by atoms with Crippen LogP contribution in [0.5, 0.6) is 0 Å². The number of thiol groups is 1. The molecule has 0 bridgehead atoms. The summed E-state index contributed by atoms with van der Waals surface area (Å²) in [6.07, 6.45) is 0. The van der Waals surface area contributed by atoms with Crippen molar-refractivity contribution in [1.82, 2.24) is 4.90 Å². The minimum Gasteiger partial charge on any atom is -0.480 e. The van der Waals surface area contributed by atoms with Crippen LogP contribution in [0.2, 0.25) is 0 Å². The van der Waals surface area contributed by atoms with Gasteiger partial charge in [0.2, 0.25) is 0 Å². The van der Waals surface area contributed by atoms with E-state index in [2.05, 4.69) is 24.8 Å². The summed E-state index contributed by atoms with van der Waals surface area (Å²) >= 11 is 8.33. The van der Waals surface area contributed by atoms with Crippen molar-refractivity contribution in [3.8, 4) is 0 Å². The van der Waals surface area contributed by atoms with E-state index in [0.29, 0.717) is 0 Å². The Labute approximate surface area is 80.7 Å². The molecule has 0 saturated heterocycles. The zero-order chi connectivity index (χ0) is 7.44. The van der Waals surface area contributed by atoms with Crippen molar-refractivity contribution in [1.29, 1.82) is 0 Å². The zero-order valence-corrected chi connectivity index (χ0v) is 8.03. The quantitative estimate of drug-likeness (QED) is 0.397. The van der Waals surface area contributed by atoms with E-state index in [-0.39, 0.29) is 27.9 Å². The van der Waals surface area contributed by atoms with E-state index in [1.165, 1.54) is 4.90 Å². The summed E-state index contributed by atoms with van der Waals surface area (Å²) in [4.78, 5) is 11.3. The Hall–Kier alpha value is 0.229. The van der Waals surface area contributed by atoms with Gasteiger partial charge in [0, 0.05) is 24.1 Å². The van der Waals surface area contributed by atoms with Crippen molar-refractivity contribution in [2.45, 2.75) is 0 Å². The van der Waals surface area contributed by atoms with Gasteiger partial charge in [-0.2, -0.15) is 0 Å². The van der Waals surface area contributed by atoms with Crippen molar-refractivity contribution in [2.24, 2.45) is 0 Å². The standard InChI is InChI=1S/C4H7NO2S2.Fe/c1-5(4(8)9)2-3(6)7;/h2H2,1H3,(H,6,7)(H,8,9);. The Balaban J connectivity index is 0. The maximum Gasteiger partial charge on any atom is 0.323 e. The van der Waals surface area contributed by atoms with E-state index < -0.39 is 5.97 Å². The number of carboxylic acids is 1. The molecule has 0 aliphatic heterocycles. The van der Waals surface area contributed by atoms with Crippen molar-refractivity contribution < 1.29 is 27.0 Å². The first-order valence-corrected chi connectivity index (χ1v) is 3.05. The molecule has 0 aliphatic rings. The molecule has 10 heavy (non-hydrogen) atoms. The Morgan fingerprint density at radius 3 is 2.30 bits per heavy atom. The first kappa shape index (κ1) is 12.9. The van der Waals surface area contributed by atoms with E-state index in [4.69, 9.17) is 5.11 Å². The topological polar surface area (TPSA) is 40.5 Å². The van der Waals surface area contributed by atoms with Gasteiger partial charge < -0.3 is 10.0 Å². The van der Waals surface area contributed by atoms with Crippen LogP contribution in [0.4, 0.5) is 0 Å². The molecule has 1 N–H and O–H groups in total. The second kappa shape index (κ2) is 5.97. The molecule has 0 amide bonds. The normalized spacial score (nSPS) is 7.80. The average molecular weight is 221 g/mol. The number of aliphatic carboxylic acids is 1. The third-order valence-corrected chi connectivity index (χ3v) is 1.35. The molecule has 3 nitrogen and oxygen atoms in total. The predicted molar refractivity (Wildman–Crippen MR) is 41.8 cm³/mol. The summed E-state index contributed by atoms with van der Waals surface area (Å²) < 4.78 is 0.289. The van der Waals surface area contributed by atoms with Crippen molar-refractivity contribution in [3.63, 3.8) is 0 Å². The molecule has 0 heterocycles. The van der Waals surface area contributed by atoms with Gasteiger partial charge in [-0.3, -0.25) is 4.79 Å². The van der Waals surface area contributed by atoms with Gasteiger partial charge in [-0.1, -0.05) is 12.2 Å². The minimum absolute atomic E-state index is 0. The van der Waals surface area contributed by atoms with E-state index in [1.54, 1.807) is 7.05 Å². The number of nitrogens with zero attached hydrogens (tertiary/aromatic N) is 1. The molecule has 0 aliphatic carbocycles. The fourth-order valence-electron chi connectivity index (χ4n) is 0.271. The molecule has 0 radical (unpaired) electrons. The molecule has 6 heteroatoms. The molecular weight excluding hydrogens is 214 g/mol. The van der Waals surface area contributed by atoms with Gasteiger partial charge >= 0.3 is 5.97 Å². The molecule has 0 aromatic rings. The monoisotopic (exact) mass is 221 g/mol. The summed E-state index contributed by atoms with van der Waals surface area (Å²) in [6, 6.07) is 0. The van der Waals surface area contributed by atoms with Crippen molar-refractivity contribution >= 4 is 35.1 Å². The molecule has 0 aromatic heterocycles. The smallest absolute Gasteiger partial charge is 0.323 e. The molecule has 0 spiro atoms. The molecule has 0 aromatic carbocycles. The number of hydrogen-bond donors (Lipinski definition) is 2. The summed E-state index contributed by atoms with van der Waals surface area (Å²) in [7, 11) is 1.57. The van der Waals surface area contributed by atoms with Crippen LogP contribution in [-0.2, 0) is 21.9 Å². The molecule has 0 unspecified atom stereocenters. The van der Waals surface area contributed by atoms with Crippen molar-refractivity contribution in [2.75, 3.05) is 13.6 Å². The summed E-state index contributed by atoms with van der Waals surface area (Å²) in [5, 5.41) is 8.20. The van der Waals surface area contributed by atoms with Crippen LogP contribution >= 0.6 is 24.8 Å². The van der Waals surface area contributed by atoms with Crippen LogP contribution in [0.3, 0.4) is 0 Å². The van der Waals surface area contributed by atoms with Gasteiger partial charge in [-0.05, 0) is 0 Å². The van der Waals surface area contributed by atoms with Crippen molar-refractivity contribution in [3.05, 3.63) is 0 Å². The molecule has 60 valence electrons.